The molecule has 1 aromatic carbocycles. The Balaban J connectivity index is 2.00. The minimum Gasteiger partial charge on any atom is -0.508 e. The van der Waals surface area contributed by atoms with Crippen LogP contribution in [0.15, 0.2) is 30.2 Å². The average Bonchev–Trinajstić information content (AvgIpc) is 2.92. The molecular weight excluding hydrogens is 278 g/mol. The number of carbonyl (C=O) groups excluding carboxylic acids is 1. The summed E-state index contributed by atoms with van der Waals surface area (Å²) in [6.07, 6.45) is 2.43. The number of hydrogen-bond acceptors (Lipinski definition) is 6. The molecule has 0 unspecified atom stereocenters. The van der Waals surface area contributed by atoms with Crippen molar-refractivity contribution in [2.24, 2.45) is 7.05 Å². The Labute approximate surface area is 118 Å². The van der Waals surface area contributed by atoms with Gasteiger partial charge < -0.3 is 20.0 Å². The minimum atomic E-state index is -0.570. The van der Waals surface area contributed by atoms with Crippen molar-refractivity contribution in [2.75, 3.05) is 0 Å². The highest BCUT2D eigenvalue weighted by atomic mass is 16.6. The maximum atomic E-state index is 12.1. The summed E-state index contributed by atoms with van der Waals surface area (Å²) in [5.74, 6) is -0.107. The second-order valence-corrected chi connectivity index (χ2v) is 4.41. The zero-order valence-corrected chi connectivity index (χ0v) is 10.8. The van der Waals surface area contributed by atoms with Gasteiger partial charge in [-0.05, 0) is 17.1 Å². The van der Waals surface area contributed by atoms with E-state index in [1.54, 1.807) is 0 Å². The van der Waals surface area contributed by atoms with Crippen molar-refractivity contribution < 1.29 is 19.6 Å². The molecule has 1 aliphatic heterocycles. The van der Waals surface area contributed by atoms with E-state index in [0.29, 0.717) is 5.56 Å². The molecule has 0 bridgehead atoms. The van der Waals surface area contributed by atoms with E-state index in [2.05, 4.69) is 4.98 Å². The molecule has 0 saturated heterocycles. The molecule has 1 aliphatic rings. The van der Waals surface area contributed by atoms with Gasteiger partial charge in [0.05, 0.1) is 18.7 Å². The molecule has 0 radical (unpaired) electrons. The van der Waals surface area contributed by atoms with Gasteiger partial charge in [-0.3, -0.25) is 4.79 Å². The van der Waals surface area contributed by atoms with Gasteiger partial charge in [-0.25, -0.2) is 9.55 Å². The predicted molar refractivity (Wildman–Crippen MR) is 70.9 cm³/mol. The number of imidazole rings is 1. The third-order valence-corrected chi connectivity index (χ3v) is 3.10. The van der Waals surface area contributed by atoms with E-state index >= 15 is 0 Å². The topological polar surface area (TPSA) is 107 Å². The summed E-state index contributed by atoms with van der Waals surface area (Å²) in [6.45, 7) is 0. The number of carbonyl (C=O) groups is 1. The third-order valence-electron chi connectivity index (χ3n) is 3.10. The number of ketones is 1. The first-order valence-electron chi connectivity index (χ1n) is 5.91. The molecule has 0 amide bonds. The first-order valence-corrected chi connectivity index (χ1v) is 5.91. The van der Waals surface area contributed by atoms with Gasteiger partial charge in [0.2, 0.25) is 11.6 Å². The Kier molecular flexibility index (Phi) is 2.72. The lowest BCUT2D eigenvalue weighted by Crippen LogP contribution is -2.02. The van der Waals surface area contributed by atoms with E-state index in [4.69, 9.17) is 4.74 Å². The molecule has 1 N–H and O–H groups in total. The number of nitro groups is 1. The predicted octanol–water partition coefficient (Wildman–Crippen LogP) is 1.65. The number of nitrogens with zero attached hydrogens (tertiary/aromatic N) is 3. The van der Waals surface area contributed by atoms with E-state index in [0.717, 1.165) is 6.20 Å². The number of phenols is 1. The molecule has 8 nitrogen and oxygen atoms in total. The summed E-state index contributed by atoms with van der Waals surface area (Å²) in [5, 5.41) is 20.1. The van der Waals surface area contributed by atoms with Crippen molar-refractivity contribution in [3.05, 3.63) is 51.7 Å². The van der Waals surface area contributed by atoms with Crippen molar-refractivity contribution >= 4 is 17.7 Å². The van der Waals surface area contributed by atoms with Crippen LogP contribution in [0.1, 0.15) is 16.2 Å². The average molecular weight is 287 g/mol. The first-order chi connectivity index (χ1) is 9.97. The maximum Gasteiger partial charge on any atom is 0.342 e. The monoisotopic (exact) mass is 287 g/mol. The molecule has 21 heavy (non-hydrogen) atoms. The van der Waals surface area contributed by atoms with E-state index in [1.807, 2.05) is 0 Å². The van der Waals surface area contributed by atoms with Crippen LogP contribution >= 0.6 is 0 Å². The minimum absolute atomic E-state index is 0.000743. The molecule has 2 aromatic rings. The van der Waals surface area contributed by atoms with Crippen LogP contribution in [-0.2, 0) is 7.05 Å². The molecule has 0 spiro atoms. The summed E-state index contributed by atoms with van der Waals surface area (Å²) >= 11 is 0. The van der Waals surface area contributed by atoms with Gasteiger partial charge in [0.25, 0.3) is 0 Å². The van der Waals surface area contributed by atoms with Gasteiger partial charge in [-0.1, -0.05) is 0 Å². The summed E-state index contributed by atoms with van der Waals surface area (Å²) in [6, 6.07) is 4.16. The Hall–Kier alpha value is -3.16. The van der Waals surface area contributed by atoms with Crippen LogP contribution < -0.4 is 4.74 Å². The molecule has 0 atom stereocenters. The summed E-state index contributed by atoms with van der Waals surface area (Å²) in [5.41, 5.74) is 0.322. The van der Waals surface area contributed by atoms with Gasteiger partial charge in [-0.15, -0.1) is 0 Å². The highest BCUT2D eigenvalue weighted by molar-refractivity contribution is 6.14. The summed E-state index contributed by atoms with van der Waals surface area (Å²) in [4.78, 5) is 26.2. The Bertz CT molecular complexity index is 806. The number of benzene rings is 1. The van der Waals surface area contributed by atoms with Crippen LogP contribution in [0.3, 0.4) is 0 Å². The summed E-state index contributed by atoms with van der Waals surface area (Å²) in [7, 11) is 1.47. The van der Waals surface area contributed by atoms with Crippen molar-refractivity contribution in [2.45, 2.75) is 0 Å². The number of allylic oxidation sites excluding steroid dienone is 1. The van der Waals surface area contributed by atoms with E-state index in [-0.39, 0.29) is 34.7 Å². The number of rotatable bonds is 2. The quantitative estimate of drug-likeness (QED) is 0.511. The molecule has 0 saturated carbocycles. The number of ether oxygens (including phenoxy) is 1. The van der Waals surface area contributed by atoms with Crippen LogP contribution in [0.25, 0.3) is 6.08 Å². The highest BCUT2D eigenvalue weighted by Gasteiger charge is 2.29. The van der Waals surface area contributed by atoms with E-state index in [1.165, 1.54) is 35.9 Å². The van der Waals surface area contributed by atoms with Crippen LogP contribution in [0.4, 0.5) is 5.82 Å². The lowest BCUT2D eigenvalue weighted by molar-refractivity contribution is -0.391. The van der Waals surface area contributed by atoms with Gasteiger partial charge in [0.1, 0.15) is 17.7 Å². The van der Waals surface area contributed by atoms with Gasteiger partial charge in [0.15, 0.2) is 5.76 Å². The molecule has 0 aliphatic carbocycles. The zero-order chi connectivity index (χ0) is 15.1. The van der Waals surface area contributed by atoms with Crippen LogP contribution in [0, 0.1) is 10.1 Å². The van der Waals surface area contributed by atoms with Crippen molar-refractivity contribution in [1.29, 1.82) is 0 Å². The van der Waals surface area contributed by atoms with Crippen molar-refractivity contribution in [3.63, 3.8) is 0 Å². The SMILES string of the molecule is Cn1c([N+](=O)[O-])cnc1C=C1Oc2cc(O)ccc2C1=O. The number of aromatic nitrogens is 2. The fourth-order valence-electron chi connectivity index (χ4n) is 2.01. The Morgan fingerprint density at radius 3 is 2.90 bits per heavy atom. The molecule has 2 heterocycles. The molecule has 8 heteroatoms. The number of aromatic hydroxyl groups is 1. The maximum absolute atomic E-state index is 12.1. The largest absolute Gasteiger partial charge is 0.508 e. The first kappa shape index (κ1) is 12.9. The van der Waals surface area contributed by atoms with Crippen molar-refractivity contribution in [3.8, 4) is 11.5 Å². The number of phenolic OH excluding ortho intramolecular Hbond substituents is 1. The fourth-order valence-corrected chi connectivity index (χ4v) is 2.01. The van der Waals surface area contributed by atoms with Crippen LogP contribution in [0.5, 0.6) is 11.5 Å². The summed E-state index contributed by atoms with van der Waals surface area (Å²) < 4.78 is 6.60. The second-order valence-electron chi connectivity index (χ2n) is 4.41. The molecule has 1 aromatic heterocycles. The number of hydrogen-bond donors (Lipinski definition) is 1. The number of fused-ring (bicyclic) bond motifs is 1. The van der Waals surface area contributed by atoms with Gasteiger partial charge >= 0.3 is 5.82 Å². The van der Waals surface area contributed by atoms with E-state index < -0.39 is 4.92 Å². The normalized spacial score (nSPS) is 15.1. The lowest BCUT2D eigenvalue weighted by atomic mass is 10.1. The zero-order valence-electron chi connectivity index (χ0n) is 10.8. The van der Waals surface area contributed by atoms with Crippen molar-refractivity contribution in [1.82, 2.24) is 9.55 Å². The lowest BCUT2D eigenvalue weighted by Gasteiger charge is -1.98. The highest BCUT2D eigenvalue weighted by Crippen LogP contribution is 2.34. The molecular formula is C13H9N3O5. The molecule has 3 rings (SSSR count). The van der Waals surface area contributed by atoms with Gasteiger partial charge in [0, 0.05) is 6.07 Å². The Morgan fingerprint density at radius 1 is 1.48 bits per heavy atom. The molecule has 106 valence electrons. The van der Waals surface area contributed by atoms with E-state index in [9.17, 15) is 20.0 Å². The fraction of sp³-hybridized carbons (Fsp3) is 0.0769. The standard InChI is InChI=1S/C13H9N3O5/c1-15-11(14-6-12(15)16(19)20)5-10-13(18)8-3-2-7(17)4-9(8)21-10/h2-6,17H,1H3. The van der Waals surface area contributed by atoms with Crippen LogP contribution in [-0.4, -0.2) is 25.4 Å². The smallest absolute Gasteiger partial charge is 0.342 e. The van der Waals surface area contributed by atoms with Gasteiger partial charge in [-0.2, -0.15) is 0 Å². The molecule has 0 fully saturated rings. The Morgan fingerprint density at radius 2 is 2.24 bits per heavy atom. The number of Topliss-reactive ketones (excluding diaryl/α,β-unsaturated/α-hetero) is 1. The second kappa shape index (κ2) is 4.44. The third kappa shape index (κ3) is 2.02. The van der Waals surface area contributed by atoms with Crippen LogP contribution in [0.2, 0.25) is 0 Å².